The van der Waals surface area contributed by atoms with Crippen LogP contribution in [-0.2, 0) is 0 Å². The number of methoxy groups -OCH3 is 1. The van der Waals surface area contributed by atoms with Gasteiger partial charge >= 0.3 is 0 Å². The van der Waals surface area contributed by atoms with Crippen LogP contribution >= 0.6 is 11.6 Å². The first kappa shape index (κ1) is 17.9. The molecule has 1 N–H and O–H groups in total. The summed E-state index contributed by atoms with van der Waals surface area (Å²) in [6, 6.07) is 12.9. The Hall–Kier alpha value is -2.86. The molecule has 5 nitrogen and oxygen atoms in total. The van der Waals surface area contributed by atoms with Crippen molar-refractivity contribution in [2.75, 3.05) is 20.3 Å². The number of pyridine rings is 1. The van der Waals surface area contributed by atoms with Crippen molar-refractivity contribution in [3.63, 3.8) is 0 Å². The lowest BCUT2D eigenvalue weighted by Gasteiger charge is -2.09. The summed E-state index contributed by atoms with van der Waals surface area (Å²) in [4.78, 5) is 16.4. The van der Waals surface area contributed by atoms with Gasteiger partial charge in [-0.3, -0.25) is 4.79 Å². The molecule has 26 heavy (non-hydrogen) atoms. The number of nitrogens with one attached hydrogen (secondary N) is 1. The van der Waals surface area contributed by atoms with Crippen molar-refractivity contribution in [3.05, 3.63) is 65.1 Å². The van der Waals surface area contributed by atoms with Crippen LogP contribution in [0.3, 0.4) is 0 Å². The predicted molar refractivity (Wildman–Crippen MR) is 97.5 cm³/mol. The highest BCUT2D eigenvalue weighted by atomic mass is 35.5. The number of nitrogens with zero attached hydrogens (tertiary/aromatic N) is 1. The summed E-state index contributed by atoms with van der Waals surface area (Å²) in [5.74, 6) is 0.637. The van der Waals surface area contributed by atoms with E-state index < -0.39 is 5.82 Å². The number of hydrogen-bond acceptors (Lipinski definition) is 4. The fraction of sp³-hybridized carbons (Fsp3) is 0.158. The van der Waals surface area contributed by atoms with Gasteiger partial charge in [0.15, 0.2) is 0 Å². The fourth-order valence-electron chi connectivity index (χ4n) is 2.38. The van der Waals surface area contributed by atoms with Gasteiger partial charge < -0.3 is 14.8 Å². The Bertz CT molecular complexity index is 932. The van der Waals surface area contributed by atoms with E-state index >= 15 is 0 Å². The summed E-state index contributed by atoms with van der Waals surface area (Å²) in [6.45, 7) is 0.588. The first-order valence-corrected chi connectivity index (χ1v) is 8.25. The van der Waals surface area contributed by atoms with E-state index in [1.807, 2.05) is 0 Å². The molecule has 7 heteroatoms. The molecule has 0 aliphatic carbocycles. The SMILES string of the molecule is COc1ccc(OCCNC(=O)c2cc3ccc(F)cc3nc2Cl)cc1. The van der Waals surface area contributed by atoms with E-state index in [2.05, 4.69) is 10.3 Å². The molecule has 0 fully saturated rings. The smallest absolute Gasteiger partial charge is 0.254 e. The van der Waals surface area contributed by atoms with E-state index in [1.54, 1.807) is 43.5 Å². The van der Waals surface area contributed by atoms with Crippen LogP contribution in [0.5, 0.6) is 11.5 Å². The molecule has 1 aromatic heterocycles. The zero-order valence-corrected chi connectivity index (χ0v) is 14.7. The Morgan fingerprint density at radius 3 is 2.62 bits per heavy atom. The van der Waals surface area contributed by atoms with Gasteiger partial charge in [0, 0.05) is 11.5 Å². The topological polar surface area (TPSA) is 60.5 Å². The van der Waals surface area contributed by atoms with E-state index in [1.165, 1.54) is 12.1 Å². The second-order valence-electron chi connectivity index (χ2n) is 5.44. The quantitative estimate of drug-likeness (QED) is 0.526. The molecule has 2 aromatic carbocycles. The minimum absolute atomic E-state index is 0.0247. The molecule has 3 rings (SSSR count). The molecule has 0 radical (unpaired) electrons. The number of benzene rings is 2. The number of carbonyl (C=O) groups is 1. The lowest BCUT2D eigenvalue weighted by molar-refractivity contribution is 0.0947. The summed E-state index contributed by atoms with van der Waals surface area (Å²) in [5, 5.41) is 3.38. The minimum atomic E-state index is -0.408. The molecule has 0 atom stereocenters. The summed E-state index contributed by atoms with van der Waals surface area (Å²) in [5.41, 5.74) is 0.629. The number of carbonyl (C=O) groups excluding carboxylic acids is 1. The first-order valence-electron chi connectivity index (χ1n) is 7.87. The Labute approximate surface area is 154 Å². The lowest BCUT2D eigenvalue weighted by Crippen LogP contribution is -2.28. The summed E-state index contributed by atoms with van der Waals surface area (Å²) in [7, 11) is 1.59. The van der Waals surface area contributed by atoms with Crippen LogP contribution in [0.15, 0.2) is 48.5 Å². The molecule has 1 heterocycles. The zero-order valence-electron chi connectivity index (χ0n) is 14.0. The molecule has 0 aliphatic rings. The van der Waals surface area contributed by atoms with Gasteiger partial charge in [-0.15, -0.1) is 0 Å². The molecule has 3 aromatic rings. The van der Waals surface area contributed by atoms with E-state index in [0.717, 1.165) is 5.75 Å². The first-order chi connectivity index (χ1) is 12.6. The molecule has 0 unspecified atom stereocenters. The Morgan fingerprint density at radius 1 is 1.15 bits per heavy atom. The number of rotatable bonds is 6. The fourth-order valence-corrected chi connectivity index (χ4v) is 2.61. The van der Waals surface area contributed by atoms with Gasteiger partial charge in [0.2, 0.25) is 0 Å². The van der Waals surface area contributed by atoms with Crippen molar-refractivity contribution in [1.82, 2.24) is 10.3 Å². The highest BCUT2D eigenvalue weighted by Gasteiger charge is 2.13. The summed E-state index contributed by atoms with van der Waals surface area (Å²) < 4.78 is 23.8. The van der Waals surface area contributed by atoms with Gasteiger partial charge in [0.25, 0.3) is 5.91 Å². The monoisotopic (exact) mass is 374 g/mol. The second-order valence-corrected chi connectivity index (χ2v) is 5.80. The number of halogens is 2. The normalized spacial score (nSPS) is 10.6. The maximum atomic E-state index is 13.2. The highest BCUT2D eigenvalue weighted by Crippen LogP contribution is 2.21. The van der Waals surface area contributed by atoms with E-state index in [4.69, 9.17) is 21.1 Å². The van der Waals surface area contributed by atoms with Crippen molar-refractivity contribution in [1.29, 1.82) is 0 Å². The molecule has 134 valence electrons. The van der Waals surface area contributed by atoms with Gasteiger partial charge in [-0.05, 0) is 42.5 Å². The number of hydrogen-bond donors (Lipinski definition) is 1. The van der Waals surface area contributed by atoms with E-state index in [-0.39, 0.29) is 16.6 Å². The molecule has 0 saturated heterocycles. The van der Waals surface area contributed by atoms with Crippen molar-refractivity contribution < 1.29 is 18.7 Å². The molecule has 0 spiro atoms. The third-order valence-corrected chi connectivity index (χ3v) is 3.98. The van der Waals surface area contributed by atoms with E-state index in [0.29, 0.717) is 29.8 Å². The van der Waals surface area contributed by atoms with Crippen LogP contribution < -0.4 is 14.8 Å². The second kappa shape index (κ2) is 8.01. The van der Waals surface area contributed by atoms with Crippen molar-refractivity contribution >= 4 is 28.4 Å². The third-order valence-electron chi connectivity index (χ3n) is 3.69. The van der Waals surface area contributed by atoms with Crippen LogP contribution in [0.25, 0.3) is 10.9 Å². The van der Waals surface area contributed by atoms with E-state index in [9.17, 15) is 9.18 Å². The maximum absolute atomic E-state index is 13.2. The number of fused-ring (bicyclic) bond motifs is 1. The van der Waals surface area contributed by atoms with Gasteiger partial charge in [0.1, 0.15) is 29.1 Å². The van der Waals surface area contributed by atoms with Crippen molar-refractivity contribution in [2.45, 2.75) is 0 Å². The van der Waals surface area contributed by atoms with Crippen LogP contribution in [0.4, 0.5) is 4.39 Å². The van der Waals surface area contributed by atoms with Crippen molar-refractivity contribution in [2.24, 2.45) is 0 Å². The largest absolute Gasteiger partial charge is 0.497 e. The Morgan fingerprint density at radius 2 is 1.88 bits per heavy atom. The average Bonchev–Trinajstić information content (AvgIpc) is 2.65. The van der Waals surface area contributed by atoms with Crippen LogP contribution in [0.2, 0.25) is 5.15 Å². The minimum Gasteiger partial charge on any atom is -0.497 e. The Balaban J connectivity index is 1.58. The third kappa shape index (κ3) is 4.21. The average molecular weight is 375 g/mol. The molecule has 0 aliphatic heterocycles. The number of amides is 1. The van der Waals surface area contributed by atoms with Gasteiger partial charge in [0.05, 0.1) is 24.7 Å². The highest BCUT2D eigenvalue weighted by molar-refractivity contribution is 6.33. The molecule has 0 saturated carbocycles. The molecular formula is C19H16ClFN2O3. The molecule has 1 amide bonds. The number of ether oxygens (including phenoxy) is 2. The predicted octanol–water partition coefficient (Wildman–Crippen LogP) is 3.84. The summed E-state index contributed by atoms with van der Waals surface area (Å²) >= 11 is 6.05. The molecular weight excluding hydrogens is 359 g/mol. The van der Waals surface area contributed by atoms with Crippen LogP contribution in [0, 0.1) is 5.82 Å². The van der Waals surface area contributed by atoms with Crippen LogP contribution in [-0.4, -0.2) is 31.2 Å². The standard InChI is InChI=1S/C19H16ClFN2O3/c1-25-14-4-6-15(7-5-14)26-9-8-22-19(24)16-10-12-2-3-13(21)11-17(12)23-18(16)20/h2-7,10-11H,8-9H2,1H3,(H,22,24). The number of aromatic nitrogens is 1. The lowest BCUT2D eigenvalue weighted by atomic mass is 10.1. The van der Waals surface area contributed by atoms with Gasteiger partial charge in [-0.1, -0.05) is 11.6 Å². The van der Waals surface area contributed by atoms with Crippen LogP contribution in [0.1, 0.15) is 10.4 Å². The van der Waals surface area contributed by atoms with Gasteiger partial charge in [-0.2, -0.15) is 0 Å². The van der Waals surface area contributed by atoms with Crippen molar-refractivity contribution in [3.8, 4) is 11.5 Å². The zero-order chi connectivity index (χ0) is 18.5. The Kier molecular flexibility index (Phi) is 5.53. The van der Waals surface area contributed by atoms with Gasteiger partial charge in [-0.25, -0.2) is 9.37 Å². The summed E-state index contributed by atoms with van der Waals surface area (Å²) in [6.07, 6.45) is 0. The molecule has 0 bridgehead atoms. The maximum Gasteiger partial charge on any atom is 0.254 e.